The summed E-state index contributed by atoms with van der Waals surface area (Å²) in [6.45, 7) is 0. The molecule has 0 aliphatic rings. The first-order valence-corrected chi connectivity index (χ1v) is 10.1. The van der Waals surface area contributed by atoms with Crippen LogP contribution in [0.1, 0.15) is 0 Å². The highest BCUT2D eigenvalue weighted by Crippen LogP contribution is 2.40. The van der Waals surface area contributed by atoms with Gasteiger partial charge in [-0.15, -0.1) is 0 Å². The van der Waals surface area contributed by atoms with Gasteiger partial charge in [0.15, 0.2) is 0 Å². The average Bonchev–Trinajstić information content (AvgIpc) is 2.71. The molecule has 0 saturated carbocycles. The predicted octanol–water partition coefficient (Wildman–Crippen LogP) is 8.34. The SMILES string of the molecule is Brc1c2ccccc2c(Br)c2cc(-c3ccc4ccccc4c3)ccc12. The molecule has 26 heavy (non-hydrogen) atoms. The van der Waals surface area contributed by atoms with Crippen LogP contribution in [-0.2, 0) is 0 Å². The quantitative estimate of drug-likeness (QED) is 0.220. The standard InChI is InChI=1S/C24H14Br2/c25-23-19-7-3-4-8-20(19)24(26)22-14-18(11-12-21(22)23)17-10-9-15-5-1-2-6-16(15)13-17/h1-14H. The van der Waals surface area contributed by atoms with E-state index >= 15 is 0 Å². The molecular weight excluding hydrogens is 448 g/mol. The monoisotopic (exact) mass is 460 g/mol. The zero-order chi connectivity index (χ0) is 17.7. The Morgan fingerprint density at radius 1 is 0.423 bits per heavy atom. The van der Waals surface area contributed by atoms with E-state index in [9.17, 15) is 0 Å². The summed E-state index contributed by atoms with van der Waals surface area (Å²) >= 11 is 7.65. The summed E-state index contributed by atoms with van der Waals surface area (Å²) in [5, 5.41) is 7.44. The Morgan fingerprint density at radius 3 is 1.73 bits per heavy atom. The predicted molar refractivity (Wildman–Crippen MR) is 120 cm³/mol. The van der Waals surface area contributed by atoms with Gasteiger partial charge < -0.3 is 0 Å². The van der Waals surface area contributed by atoms with Crippen molar-refractivity contribution in [1.82, 2.24) is 0 Å². The summed E-state index contributed by atoms with van der Waals surface area (Å²) < 4.78 is 2.30. The molecule has 0 bridgehead atoms. The highest BCUT2D eigenvalue weighted by atomic mass is 79.9. The number of halogens is 2. The van der Waals surface area contributed by atoms with Crippen LogP contribution in [0.5, 0.6) is 0 Å². The molecule has 0 radical (unpaired) electrons. The molecule has 124 valence electrons. The maximum atomic E-state index is 3.84. The minimum atomic E-state index is 1.15. The van der Waals surface area contributed by atoms with Crippen LogP contribution in [0.4, 0.5) is 0 Å². The third-order valence-corrected chi connectivity index (χ3v) is 6.68. The highest BCUT2D eigenvalue weighted by Gasteiger charge is 2.11. The van der Waals surface area contributed by atoms with Gasteiger partial charge in [0, 0.05) is 8.95 Å². The molecule has 5 aromatic rings. The Kier molecular flexibility index (Phi) is 3.84. The molecule has 0 nitrogen and oxygen atoms in total. The maximum absolute atomic E-state index is 3.84. The van der Waals surface area contributed by atoms with E-state index in [1.54, 1.807) is 0 Å². The van der Waals surface area contributed by atoms with Crippen molar-refractivity contribution in [3.8, 4) is 11.1 Å². The van der Waals surface area contributed by atoms with Gasteiger partial charge in [0.05, 0.1) is 0 Å². The number of hydrogen-bond donors (Lipinski definition) is 0. The first-order valence-electron chi connectivity index (χ1n) is 8.51. The minimum absolute atomic E-state index is 1.15. The lowest BCUT2D eigenvalue weighted by Crippen LogP contribution is -1.85. The third-order valence-electron chi connectivity index (χ3n) is 4.98. The molecule has 0 spiro atoms. The zero-order valence-corrected chi connectivity index (χ0v) is 17.0. The summed E-state index contributed by atoms with van der Waals surface area (Å²) in [5.74, 6) is 0. The van der Waals surface area contributed by atoms with Crippen LogP contribution in [0.3, 0.4) is 0 Å². The normalized spacial score (nSPS) is 11.5. The molecule has 0 saturated heterocycles. The van der Waals surface area contributed by atoms with Crippen molar-refractivity contribution in [2.24, 2.45) is 0 Å². The van der Waals surface area contributed by atoms with E-state index in [2.05, 4.69) is 117 Å². The Bertz CT molecular complexity index is 1300. The lowest BCUT2D eigenvalue weighted by atomic mass is 9.97. The van der Waals surface area contributed by atoms with Crippen LogP contribution in [-0.4, -0.2) is 0 Å². The van der Waals surface area contributed by atoms with Crippen LogP contribution in [0.2, 0.25) is 0 Å². The van der Waals surface area contributed by atoms with Crippen molar-refractivity contribution >= 4 is 64.2 Å². The Morgan fingerprint density at radius 2 is 0.962 bits per heavy atom. The molecule has 0 amide bonds. The summed E-state index contributed by atoms with van der Waals surface area (Å²) in [6.07, 6.45) is 0. The van der Waals surface area contributed by atoms with Crippen LogP contribution in [0, 0.1) is 0 Å². The van der Waals surface area contributed by atoms with Crippen molar-refractivity contribution in [2.45, 2.75) is 0 Å². The molecule has 0 N–H and O–H groups in total. The summed E-state index contributed by atoms with van der Waals surface area (Å²) in [7, 11) is 0. The molecule has 0 aliphatic heterocycles. The van der Waals surface area contributed by atoms with Crippen molar-refractivity contribution in [3.63, 3.8) is 0 Å². The van der Waals surface area contributed by atoms with Crippen LogP contribution < -0.4 is 0 Å². The molecule has 5 rings (SSSR count). The van der Waals surface area contributed by atoms with Crippen LogP contribution in [0.15, 0.2) is 93.9 Å². The topological polar surface area (TPSA) is 0 Å². The van der Waals surface area contributed by atoms with Gasteiger partial charge >= 0.3 is 0 Å². The van der Waals surface area contributed by atoms with E-state index in [-0.39, 0.29) is 0 Å². The third kappa shape index (κ3) is 2.48. The lowest BCUT2D eigenvalue weighted by molar-refractivity contribution is 1.66. The first kappa shape index (κ1) is 16.0. The second kappa shape index (κ2) is 6.22. The second-order valence-electron chi connectivity index (χ2n) is 6.50. The van der Waals surface area contributed by atoms with Gasteiger partial charge in [-0.2, -0.15) is 0 Å². The van der Waals surface area contributed by atoms with E-state index in [0.717, 1.165) is 8.95 Å². The summed E-state index contributed by atoms with van der Waals surface area (Å²) in [5.41, 5.74) is 2.47. The fraction of sp³-hybridized carbons (Fsp3) is 0. The Balaban J connectivity index is 1.79. The zero-order valence-electron chi connectivity index (χ0n) is 13.8. The fourth-order valence-electron chi connectivity index (χ4n) is 3.62. The molecule has 0 aromatic heterocycles. The molecule has 5 aromatic carbocycles. The molecule has 0 heterocycles. The molecule has 0 fully saturated rings. The minimum Gasteiger partial charge on any atom is -0.0616 e. The number of benzene rings is 5. The van der Waals surface area contributed by atoms with E-state index in [1.807, 2.05) is 0 Å². The van der Waals surface area contributed by atoms with Crippen LogP contribution >= 0.6 is 31.9 Å². The molecule has 0 atom stereocenters. The van der Waals surface area contributed by atoms with E-state index in [0.29, 0.717) is 0 Å². The second-order valence-corrected chi connectivity index (χ2v) is 8.08. The summed E-state index contributed by atoms with van der Waals surface area (Å²) in [6, 6.07) is 30.3. The van der Waals surface area contributed by atoms with Crippen LogP contribution in [0.25, 0.3) is 43.4 Å². The van der Waals surface area contributed by atoms with Gasteiger partial charge in [0.25, 0.3) is 0 Å². The van der Waals surface area contributed by atoms with E-state index < -0.39 is 0 Å². The Labute approximate surface area is 168 Å². The molecule has 2 heteroatoms. The van der Waals surface area contributed by atoms with Gasteiger partial charge in [0.2, 0.25) is 0 Å². The average molecular weight is 462 g/mol. The first-order chi connectivity index (χ1) is 12.7. The van der Waals surface area contributed by atoms with Gasteiger partial charge in [-0.25, -0.2) is 0 Å². The van der Waals surface area contributed by atoms with E-state index in [1.165, 1.54) is 43.4 Å². The van der Waals surface area contributed by atoms with E-state index in [4.69, 9.17) is 0 Å². The Hall–Kier alpha value is -2.16. The number of rotatable bonds is 1. The van der Waals surface area contributed by atoms with Gasteiger partial charge in [-0.3, -0.25) is 0 Å². The smallest absolute Gasteiger partial charge is 0.0333 e. The number of fused-ring (bicyclic) bond motifs is 3. The van der Waals surface area contributed by atoms with Crippen molar-refractivity contribution in [1.29, 1.82) is 0 Å². The number of hydrogen-bond acceptors (Lipinski definition) is 0. The van der Waals surface area contributed by atoms with Crippen molar-refractivity contribution in [2.75, 3.05) is 0 Å². The van der Waals surface area contributed by atoms with Gasteiger partial charge in [0.1, 0.15) is 0 Å². The van der Waals surface area contributed by atoms with Crippen molar-refractivity contribution < 1.29 is 0 Å². The molecule has 0 aliphatic carbocycles. The molecule has 0 unspecified atom stereocenters. The molecular formula is C24H14Br2. The maximum Gasteiger partial charge on any atom is 0.0333 e. The van der Waals surface area contributed by atoms with Crippen molar-refractivity contribution in [3.05, 3.63) is 93.9 Å². The fourth-order valence-corrected chi connectivity index (χ4v) is 4.99. The summed E-state index contributed by atoms with van der Waals surface area (Å²) in [4.78, 5) is 0. The largest absolute Gasteiger partial charge is 0.0616 e. The van der Waals surface area contributed by atoms with Gasteiger partial charge in [-0.05, 0) is 87.4 Å². The van der Waals surface area contributed by atoms with Gasteiger partial charge in [-0.1, -0.05) is 72.8 Å². The highest BCUT2D eigenvalue weighted by molar-refractivity contribution is 9.11. The lowest BCUT2D eigenvalue weighted by Gasteiger charge is -2.12.